The predicted molar refractivity (Wildman–Crippen MR) is 99.1 cm³/mol. The Balaban J connectivity index is 1.84. The number of nitro benzene ring substituents is 1. The largest absolute Gasteiger partial charge is 0.462 e. The third kappa shape index (κ3) is 3.73. The maximum atomic E-state index is 12.6. The van der Waals surface area contributed by atoms with Crippen LogP contribution in [0.15, 0.2) is 54.1 Å². The van der Waals surface area contributed by atoms with Gasteiger partial charge in [-0.05, 0) is 42.8 Å². The molecule has 0 atom stereocenters. The number of hydrogen-bond donors (Lipinski definition) is 1. The smallest absolute Gasteiger partial charge is 0.338 e. The molecule has 0 saturated carbocycles. The van der Waals surface area contributed by atoms with Crippen LogP contribution in [-0.4, -0.2) is 29.3 Å². The number of hydrogen-bond acceptors (Lipinski definition) is 6. The van der Waals surface area contributed by atoms with Gasteiger partial charge < -0.3 is 4.74 Å². The Hall–Kier alpha value is -4.01. The van der Waals surface area contributed by atoms with Crippen molar-refractivity contribution in [3.05, 3.63) is 75.3 Å². The lowest BCUT2D eigenvalue weighted by Crippen LogP contribution is -2.35. The minimum absolute atomic E-state index is 0.147. The molecule has 0 spiro atoms. The van der Waals surface area contributed by atoms with E-state index in [9.17, 15) is 24.5 Å². The number of esters is 1. The molecule has 1 N–H and O–H groups in total. The van der Waals surface area contributed by atoms with Gasteiger partial charge in [0.05, 0.1) is 22.8 Å². The molecular formula is C19H15N3O6. The van der Waals surface area contributed by atoms with Crippen LogP contribution >= 0.6 is 0 Å². The molecule has 9 heteroatoms. The number of non-ortho nitro benzene ring substituents is 1. The normalized spacial score (nSPS) is 14.9. The minimum atomic E-state index is -0.633. The Bertz CT molecular complexity index is 997. The highest BCUT2D eigenvalue weighted by molar-refractivity contribution is 6.31. The summed E-state index contributed by atoms with van der Waals surface area (Å²) in [4.78, 5) is 46.8. The molecule has 142 valence electrons. The number of carbonyl (C=O) groups is 3. The van der Waals surface area contributed by atoms with Gasteiger partial charge in [0.2, 0.25) is 0 Å². The summed E-state index contributed by atoms with van der Waals surface area (Å²) in [7, 11) is 0. The molecule has 9 nitrogen and oxygen atoms in total. The lowest BCUT2D eigenvalue weighted by Gasteiger charge is -2.14. The second-order valence-electron chi connectivity index (χ2n) is 5.76. The van der Waals surface area contributed by atoms with E-state index in [-0.39, 0.29) is 17.9 Å². The molecular weight excluding hydrogens is 366 g/mol. The maximum absolute atomic E-state index is 12.6. The van der Waals surface area contributed by atoms with Crippen molar-refractivity contribution in [3.63, 3.8) is 0 Å². The zero-order chi connectivity index (χ0) is 20.3. The van der Waals surface area contributed by atoms with Crippen molar-refractivity contribution < 1.29 is 24.0 Å². The number of anilines is 1. The van der Waals surface area contributed by atoms with E-state index in [1.54, 1.807) is 13.0 Å². The highest BCUT2D eigenvalue weighted by Crippen LogP contribution is 2.23. The van der Waals surface area contributed by atoms with Crippen LogP contribution in [0.5, 0.6) is 0 Å². The summed E-state index contributed by atoms with van der Waals surface area (Å²) in [5, 5.41) is 11.9. The van der Waals surface area contributed by atoms with Crippen LogP contribution in [0.3, 0.4) is 0 Å². The number of ether oxygens (including phenoxy) is 1. The second-order valence-corrected chi connectivity index (χ2v) is 5.76. The van der Waals surface area contributed by atoms with Gasteiger partial charge in [0.15, 0.2) is 0 Å². The van der Waals surface area contributed by atoms with Crippen LogP contribution < -0.4 is 10.4 Å². The van der Waals surface area contributed by atoms with E-state index in [4.69, 9.17) is 4.74 Å². The average Bonchev–Trinajstić information content (AvgIpc) is 2.97. The molecule has 2 aromatic carbocycles. The number of benzene rings is 2. The highest BCUT2D eigenvalue weighted by atomic mass is 16.6. The van der Waals surface area contributed by atoms with Gasteiger partial charge in [0.1, 0.15) is 5.57 Å². The fourth-order valence-electron chi connectivity index (χ4n) is 2.60. The van der Waals surface area contributed by atoms with Crippen molar-refractivity contribution in [2.75, 3.05) is 11.6 Å². The number of rotatable bonds is 5. The molecule has 0 radical (unpaired) electrons. The molecule has 0 unspecified atom stereocenters. The van der Waals surface area contributed by atoms with E-state index in [2.05, 4.69) is 5.43 Å². The first-order chi connectivity index (χ1) is 13.4. The number of nitrogens with one attached hydrogen (secondary N) is 1. The summed E-state index contributed by atoms with van der Waals surface area (Å²) in [6.07, 6.45) is 1.29. The Morgan fingerprint density at radius 1 is 1.21 bits per heavy atom. The van der Waals surface area contributed by atoms with Crippen LogP contribution in [0.2, 0.25) is 0 Å². The van der Waals surface area contributed by atoms with Gasteiger partial charge in [-0.1, -0.05) is 12.1 Å². The quantitative estimate of drug-likeness (QED) is 0.279. The monoisotopic (exact) mass is 381 g/mol. The molecule has 2 aromatic rings. The molecule has 1 heterocycles. The number of nitro groups is 1. The van der Waals surface area contributed by atoms with Crippen LogP contribution in [0.25, 0.3) is 6.08 Å². The van der Waals surface area contributed by atoms with Crippen LogP contribution in [0.4, 0.5) is 11.4 Å². The lowest BCUT2D eigenvalue weighted by molar-refractivity contribution is -0.384. The van der Waals surface area contributed by atoms with Crippen LogP contribution in [-0.2, 0) is 14.3 Å². The first-order valence-electron chi connectivity index (χ1n) is 8.29. The Morgan fingerprint density at radius 3 is 2.57 bits per heavy atom. The van der Waals surface area contributed by atoms with Gasteiger partial charge in [0.25, 0.3) is 17.5 Å². The summed E-state index contributed by atoms with van der Waals surface area (Å²) in [5.74, 6) is -1.73. The Kier molecular flexibility index (Phi) is 5.16. The Labute approximate surface area is 159 Å². The molecule has 0 bridgehead atoms. The van der Waals surface area contributed by atoms with E-state index >= 15 is 0 Å². The zero-order valence-corrected chi connectivity index (χ0v) is 14.7. The fraction of sp³-hybridized carbons (Fsp3) is 0.105. The molecule has 2 amide bonds. The van der Waals surface area contributed by atoms with Gasteiger partial charge in [-0.25, -0.2) is 9.80 Å². The third-order valence-corrected chi connectivity index (χ3v) is 3.92. The van der Waals surface area contributed by atoms with Crippen LogP contribution in [0.1, 0.15) is 22.8 Å². The van der Waals surface area contributed by atoms with Crippen molar-refractivity contribution in [3.8, 4) is 0 Å². The van der Waals surface area contributed by atoms with Crippen molar-refractivity contribution in [1.29, 1.82) is 0 Å². The minimum Gasteiger partial charge on any atom is -0.462 e. The van der Waals surface area contributed by atoms with Gasteiger partial charge >= 0.3 is 5.97 Å². The molecule has 28 heavy (non-hydrogen) atoms. The van der Waals surface area contributed by atoms with Gasteiger partial charge in [-0.2, -0.15) is 0 Å². The van der Waals surface area contributed by atoms with Gasteiger partial charge in [0, 0.05) is 12.1 Å². The number of nitrogens with zero attached hydrogens (tertiary/aromatic N) is 2. The third-order valence-electron chi connectivity index (χ3n) is 3.92. The molecule has 3 rings (SSSR count). The molecule has 1 aliphatic heterocycles. The summed E-state index contributed by atoms with van der Waals surface area (Å²) in [6.45, 7) is 1.94. The number of carbonyl (C=O) groups excluding carboxylic acids is 3. The van der Waals surface area contributed by atoms with E-state index in [1.165, 1.54) is 48.5 Å². The van der Waals surface area contributed by atoms with Gasteiger partial charge in [-0.3, -0.25) is 25.1 Å². The fourth-order valence-corrected chi connectivity index (χ4v) is 2.60. The number of hydrazine groups is 1. The SMILES string of the molecule is CCOC(=O)c1ccc(N2NC(=O)C(=Cc3cccc([N+](=O)[O-])c3)C2=O)cc1. The first kappa shape index (κ1) is 18.8. The summed E-state index contributed by atoms with van der Waals surface area (Å²) in [5.41, 5.74) is 3.15. The van der Waals surface area contributed by atoms with E-state index < -0.39 is 22.7 Å². The van der Waals surface area contributed by atoms with Crippen molar-refractivity contribution >= 4 is 35.2 Å². The molecule has 1 saturated heterocycles. The topological polar surface area (TPSA) is 119 Å². The zero-order valence-electron chi connectivity index (χ0n) is 14.7. The average molecular weight is 381 g/mol. The summed E-state index contributed by atoms with van der Waals surface area (Å²) >= 11 is 0. The maximum Gasteiger partial charge on any atom is 0.338 e. The first-order valence-corrected chi connectivity index (χ1v) is 8.29. The molecule has 1 fully saturated rings. The van der Waals surface area contributed by atoms with Crippen LogP contribution in [0, 0.1) is 10.1 Å². The summed E-state index contributed by atoms with van der Waals surface area (Å²) < 4.78 is 4.90. The van der Waals surface area contributed by atoms with Gasteiger partial charge in [-0.15, -0.1) is 0 Å². The standard InChI is InChI=1S/C19H15N3O6/c1-2-28-19(25)13-6-8-14(9-7-13)21-18(24)16(17(23)20-21)11-12-4-3-5-15(10-12)22(26)27/h3-11H,2H2,1H3,(H,20,23). The molecule has 0 aromatic heterocycles. The van der Waals surface area contributed by atoms with E-state index in [1.807, 2.05) is 0 Å². The number of amides is 2. The molecule has 0 aliphatic carbocycles. The van der Waals surface area contributed by atoms with Crippen molar-refractivity contribution in [2.24, 2.45) is 0 Å². The molecule has 1 aliphatic rings. The van der Waals surface area contributed by atoms with Crippen molar-refractivity contribution in [2.45, 2.75) is 6.92 Å². The summed E-state index contributed by atoms with van der Waals surface area (Å²) in [6, 6.07) is 11.6. The second kappa shape index (κ2) is 7.70. The van der Waals surface area contributed by atoms with E-state index in [0.717, 1.165) is 5.01 Å². The van der Waals surface area contributed by atoms with Crippen molar-refractivity contribution in [1.82, 2.24) is 5.43 Å². The lowest BCUT2D eigenvalue weighted by atomic mass is 10.1. The predicted octanol–water partition coefficient (Wildman–Crippen LogP) is 2.23. The highest BCUT2D eigenvalue weighted by Gasteiger charge is 2.34. The Morgan fingerprint density at radius 2 is 1.93 bits per heavy atom. The van der Waals surface area contributed by atoms with E-state index in [0.29, 0.717) is 16.8 Å².